The van der Waals surface area contributed by atoms with Crippen molar-refractivity contribution in [1.29, 1.82) is 0 Å². The SMILES string of the molecule is [Fe].[O-]O[O-].[O-]O[O-].[Zn].[Zr+4]. The third-order valence-electron chi connectivity index (χ3n) is 0. The molecule has 0 aliphatic rings. The van der Waals surface area contributed by atoms with E-state index in [0.717, 1.165) is 0 Å². The fourth-order valence-electron chi connectivity index (χ4n) is 0. The van der Waals surface area contributed by atoms with Crippen molar-refractivity contribution in [2.24, 2.45) is 0 Å². The number of hydrogen-bond acceptors (Lipinski definition) is 6. The van der Waals surface area contributed by atoms with E-state index < -0.39 is 0 Å². The molecule has 0 atom stereocenters. The molecule has 0 N–H and O–H groups in total. The van der Waals surface area contributed by atoms with Gasteiger partial charge in [-0.25, -0.2) is 0 Å². The van der Waals surface area contributed by atoms with Crippen molar-refractivity contribution >= 4 is 0 Å². The summed E-state index contributed by atoms with van der Waals surface area (Å²) in [4.78, 5) is 0. The molecular weight excluding hydrogens is 308 g/mol. The first kappa shape index (κ1) is 30.9. The largest absolute Gasteiger partial charge is 4.00 e. The fourth-order valence-corrected chi connectivity index (χ4v) is 0. The maximum Gasteiger partial charge on any atom is 4.00 e. The summed E-state index contributed by atoms with van der Waals surface area (Å²) in [6.45, 7) is 0. The molecule has 9 heteroatoms. The maximum atomic E-state index is 7.88. The van der Waals surface area contributed by atoms with E-state index in [1.54, 1.807) is 10.1 Å². The first-order chi connectivity index (χ1) is 2.83. The standard InChI is InChI=1S/Fe.2H2O3.Zn.Zr/c;2*1-3-2;;/h;2*1-2H;;/q;;;;+4/p-4. The van der Waals surface area contributed by atoms with Crippen molar-refractivity contribution in [3.05, 3.63) is 0 Å². The van der Waals surface area contributed by atoms with Crippen molar-refractivity contribution in [2.75, 3.05) is 0 Å². The summed E-state index contributed by atoms with van der Waals surface area (Å²) in [5.41, 5.74) is 0. The van der Waals surface area contributed by atoms with Crippen LogP contribution in [0.1, 0.15) is 0 Å². The average molecular weight is 308 g/mol. The van der Waals surface area contributed by atoms with Crippen molar-refractivity contribution in [3.8, 4) is 0 Å². The number of rotatable bonds is 0. The molecule has 0 fully saturated rings. The zero-order valence-corrected chi connectivity index (χ0v) is 10.5. The second-order valence-corrected chi connectivity index (χ2v) is 0.136. The van der Waals surface area contributed by atoms with Gasteiger partial charge in [-0.05, 0) is 0 Å². The minimum Gasteiger partial charge on any atom is -0.734 e. The van der Waals surface area contributed by atoms with Gasteiger partial charge in [0.25, 0.3) is 0 Å². The van der Waals surface area contributed by atoms with Crippen LogP contribution in [-0.4, -0.2) is 0 Å². The van der Waals surface area contributed by atoms with Gasteiger partial charge in [0.05, 0.1) is 0 Å². The second kappa shape index (κ2) is 52.7. The average Bonchev–Trinajstić information content (AvgIpc) is 1.39. The van der Waals surface area contributed by atoms with Crippen LogP contribution in [0.3, 0.4) is 0 Å². The zero-order chi connectivity index (χ0) is 5.41. The normalized spacial score (nSPS) is 4.00. The van der Waals surface area contributed by atoms with E-state index in [0.29, 0.717) is 0 Å². The Balaban J connectivity index is -0.00000000889. The zero-order valence-electron chi connectivity index (χ0n) is 4.01. The van der Waals surface area contributed by atoms with Crippen molar-refractivity contribution < 1.29 is 93.9 Å². The first-order valence-electron chi connectivity index (χ1n) is 0.667. The van der Waals surface area contributed by atoms with E-state index in [1.165, 1.54) is 0 Å². The van der Waals surface area contributed by atoms with Gasteiger partial charge in [-0.2, -0.15) is 0 Å². The van der Waals surface area contributed by atoms with E-state index in [1.807, 2.05) is 0 Å². The van der Waals surface area contributed by atoms with Crippen LogP contribution in [0.2, 0.25) is 0 Å². The molecule has 9 heavy (non-hydrogen) atoms. The van der Waals surface area contributed by atoms with Gasteiger partial charge in [0, 0.05) is 36.5 Å². The van der Waals surface area contributed by atoms with Gasteiger partial charge >= 0.3 is 26.2 Å². The molecule has 0 saturated carbocycles. The van der Waals surface area contributed by atoms with Crippen LogP contribution in [0.5, 0.6) is 0 Å². The van der Waals surface area contributed by atoms with Gasteiger partial charge in [-0.3, -0.25) is 0 Å². The monoisotopic (exact) mass is 306 g/mol. The fraction of sp³-hybridized carbons (Fsp3) is 0. The third-order valence-corrected chi connectivity index (χ3v) is 0. The molecule has 0 aromatic heterocycles. The smallest absolute Gasteiger partial charge is 0.734 e. The molecule has 0 aromatic rings. The van der Waals surface area contributed by atoms with Crippen LogP contribution in [0.25, 0.3) is 0 Å². The van der Waals surface area contributed by atoms with E-state index in [-0.39, 0.29) is 62.8 Å². The Morgan fingerprint density at radius 3 is 0.778 bits per heavy atom. The minimum atomic E-state index is 0. The molecule has 0 saturated heterocycles. The molecule has 0 unspecified atom stereocenters. The molecule has 0 bridgehead atoms. The van der Waals surface area contributed by atoms with Gasteiger partial charge in [-0.1, -0.05) is 0 Å². The van der Waals surface area contributed by atoms with Crippen molar-refractivity contribution in [2.45, 2.75) is 0 Å². The van der Waals surface area contributed by atoms with Gasteiger partial charge < -0.3 is 31.1 Å². The van der Waals surface area contributed by atoms with Crippen LogP contribution in [-0.2, 0) is 72.8 Å². The van der Waals surface area contributed by atoms with E-state index in [4.69, 9.17) is 21.0 Å². The maximum absolute atomic E-state index is 7.88. The molecule has 0 rings (SSSR count). The quantitative estimate of drug-likeness (QED) is 0.252. The van der Waals surface area contributed by atoms with Gasteiger partial charge in [0.1, 0.15) is 0 Å². The molecule has 6 nitrogen and oxygen atoms in total. The van der Waals surface area contributed by atoms with Crippen LogP contribution in [0.15, 0.2) is 0 Å². The van der Waals surface area contributed by atoms with Crippen molar-refractivity contribution in [3.63, 3.8) is 0 Å². The molecular formula is FeO6ZnZr. The summed E-state index contributed by atoms with van der Waals surface area (Å²) in [6, 6.07) is 0. The van der Waals surface area contributed by atoms with Gasteiger partial charge in [0.2, 0.25) is 0 Å². The van der Waals surface area contributed by atoms with Crippen LogP contribution >= 0.6 is 0 Å². The Labute approximate surface area is 93.2 Å². The summed E-state index contributed by atoms with van der Waals surface area (Å²) >= 11 is 0. The Bertz CT molecular complexity index is 15.0. The van der Waals surface area contributed by atoms with Gasteiger partial charge in [0.15, 0.2) is 0 Å². The van der Waals surface area contributed by atoms with E-state index >= 15 is 0 Å². The molecule has 0 amide bonds. The minimum absolute atomic E-state index is 0. The molecule has 0 spiro atoms. The Kier molecular flexibility index (Phi) is 181. The summed E-state index contributed by atoms with van der Waals surface area (Å²) in [5, 5.41) is 35.0. The second-order valence-electron chi connectivity index (χ2n) is 0.136. The topological polar surface area (TPSA) is 111 Å². The summed E-state index contributed by atoms with van der Waals surface area (Å²) in [7, 11) is 0. The van der Waals surface area contributed by atoms with Crippen molar-refractivity contribution in [1.82, 2.24) is 0 Å². The number of hydrogen-bond donors (Lipinski definition) is 0. The molecule has 0 radical (unpaired) electrons. The molecule has 50 valence electrons. The summed E-state index contributed by atoms with van der Waals surface area (Å²) in [5.74, 6) is 0. The van der Waals surface area contributed by atoms with Crippen LogP contribution in [0.4, 0.5) is 0 Å². The Morgan fingerprint density at radius 1 is 0.778 bits per heavy atom. The molecule has 0 aromatic carbocycles. The summed E-state index contributed by atoms with van der Waals surface area (Å²) < 4.78 is 0. The summed E-state index contributed by atoms with van der Waals surface area (Å²) in [6.07, 6.45) is 0. The van der Waals surface area contributed by atoms with Gasteiger partial charge in [-0.15, -0.1) is 0 Å². The first-order valence-corrected chi connectivity index (χ1v) is 0.667. The Hall–Kier alpha value is 1.79. The Morgan fingerprint density at radius 2 is 0.778 bits per heavy atom. The molecule has 0 heterocycles. The van der Waals surface area contributed by atoms with Crippen LogP contribution in [0, 0.1) is 0 Å². The van der Waals surface area contributed by atoms with E-state index in [9.17, 15) is 0 Å². The predicted octanol–water partition coefficient (Wildman–Crippen LogP) is -4.90. The third kappa shape index (κ3) is 186. The molecule has 0 aliphatic heterocycles. The van der Waals surface area contributed by atoms with Crippen LogP contribution < -0.4 is 21.0 Å². The molecule has 0 aliphatic carbocycles. The predicted molar refractivity (Wildman–Crippen MR) is 2.17 cm³/mol. The van der Waals surface area contributed by atoms with E-state index in [2.05, 4.69) is 0 Å².